The monoisotopic (exact) mass is 242 g/mol. The Hall–Kier alpha value is -1.75. The van der Waals surface area contributed by atoms with Gasteiger partial charge in [-0.05, 0) is 12.1 Å². The third kappa shape index (κ3) is 2.09. The topological polar surface area (TPSA) is 35.0 Å². The lowest BCUT2D eigenvalue weighted by molar-refractivity contribution is 0.404. The fourth-order valence-electron chi connectivity index (χ4n) is 1.04. The van der Waals surface area contributed by atoms with Crippen LogP contribution in [0.15, 0.2) is 30.6 Å². The van der Waals surface area contributed by atoms with Crippen LogP contribution in [0.2, 0.25) is 5.15 Å². The zero-order chi connectivity index (χ0) is 11.5. The summed E-state index contributed by atoms with van der Waals surface area (Å²) in [5.74, 6) is -2.46. The first-order chi connectivity index (χ1) is 7.68. The molecule has 0 aliphatic heterocycles. The van der Waals surface area contributed by atoms with Gasteiger partial charge in [0.2, 0.25) is 5.82 Å². The van der Waals surface area contributed by atoms with Crippen LogP contribution in [0.25, 0.3) is 0 Å². The minimum absolute atomic E-state index is 0.0221. The van der Waals surface area contributed by atoms with E-state index in [1.165, 1.54) is 24.5 Å². The highest BCUT2D eigenvalue weighted by molar-refractivity contribution is 6.30. The number of rotatable bonds is 2. The highest BCUT2D eigenvalue weighted by Gasteiger charge is 2.12. The van der Waals surface area contributed by atoms with E-state index in [1.807, 2.05) is 0 Å². The van der Waals surface area contributed by atoms with Crippen LogP contribution < -0.4 is 4.74 Å². The second-order valence-electron chi connectivity index (χ2n) is 2.81. The van der Waals surface area contributed by atoms with Crippen LogP contribution in [0, 0.1) is 11.6 Å². The lowest BCUT2D eigenvalue weighted by Crippen LogP contribution is -1.94. The van der Waals surface area contributed by atoms with E-state index in [0.717, 1.165) is 6.07 Å². The van der Waals surface area contributed by atoms with Crippen molar-refractivity contribution in [1.29, 1.82) is 0 Å². The molecule has 1 aromatic heterocycles. The smallest absolute Gasteiger partial charge is 0.257 e. The van der Waals surface area contributed by atoms with Crippen molar-refractivity contribution >= 4 is 11.6 Å². The molecule has 0 amide bonds. The quantitative estimate of drug-likeness (QED) is 0.811. The number of hydrogen-bond acceptors (Lipinski definition) is 3. The van der Waals surface area contributed by atoms with Crippen LogP contribution >= 0.6 is 11.6 Å². The molecule has 0 radical (unpaired) electrons. The SMILES string of the molecule is Fc1cccc(Oc2nccnc2Cl)c1F. The Labute approximate surface area is 94.7 Å². The number of halogens is 3. The summed E-state index contributed by atoms with van der Waals surface area (Å²) in [6.45, 7) is 0. The molecule has 1 heterocycles. The van der Waals surface area contributed by atoms with Gasteiger partial charge in [-0.2, -0.15) is 4.39 Å². The van der Waals surface area contributed by atoms with Crippen molar-refractivity contribution in [3.8, 4) is 11.6 Å². The van der Waals surface area contributed by atoms with Crippen LogP contribution in [0.3, 0.4) is 0 Å². The number of nitrogens with zero attached hydrogens (tertiary/aromatic N) is 2. The minimum Gasteiger partial charge on any atom is -0.433 e. The summed E-state index contributed by atoms with van der Waals surface area (Å²) in [7, 11) is 0. The number of hydrogen-bond donors (Lipinski definition) is 0. The second-order valence-corrected chi connectivity index (χ2v) is 3.16. The van der Waals surface area contributed by atoms with Gasteiger partial charge < -0.3 is 4.74 Å². The first-order valence-corrected chi connectivity index (χ1v) is 4.64. The Kier molecular flexibility index (Phi) is 2.96. The minimum atomic E-state index is -1.09. The standard InChI is InChI=1S/C10H5ClF2N2O/c11-9-10(15-5-4-14-9)16-7-3-1-2-6(12)8(7)13/h1-5H. The molecule has 0 bridgehead atoms. The molecule has 16 heavy (non-hydrogen) atoms. The van der Waals surface area contributed by atoms with E-state index in [-0.39, 0.29) is 16.8 Å². The summed E-state index contributed by atoms with van der Waals surface area (Å²) >= 11 is 5.65. The molecule has 0 spiro atoms. The predicted octanol–water partition coefficient (Wildman–Crippen LogP) is 3.20. The van der Waals surface area contributed by atoms with Crippen molar-refractivity contribution < 1.29 is 13.5 Å². The van der Waals surface area contributed by atoms with Crippen LogP contribution in [0.4, 0.5) is 8.78 Å². The highest BCUT2D eigenvalue weighted by Crippen LogP contribution is 2.27. The van der Waals surface area contributed by atoms with E-state index >= 15 is 0 Å². The number of ether oxygens (including phenoxy) is 1. The fraction of sp³-hybridized carbons (Fsp3) is 0. The van der Waals surface area contributed by atoms with Crippen molar-refractivity contribution in [2.24, 2.45) is 0 Å². The van der Waals surface area contributed by atoms with Gasteiger partial charge in [0.05, 0.1) is 0 Å². The van der Waals surface area contributed by atoms with Gasteiger partial charge in [0.25, 0.3) is 5.88 Å². The van der Waals surface area contributed by atoms with Crippen molar-refractivity contribution in [3.63, 3.8) is 0 Å². The summed E-state index contributed by atoms with van der Waals surface area (Å²) in [4.78, 5) is 7.43. The Balaban J connectivity index is 2.35. The first-order valence-electron chi connectivity index (χ1n) is 4.27. The van der Waals surface area contributed by atoms with Crippen LogP contribution in [0.5, 0.6) is 11.6 Å². The molecule has 3 nitrogen and oxygen atoms in total. The number of aromatic nitrogens is 2. The zero-order valence-electron chi connectivity index (χ0n) is 7.82. The normalized spacial score (nSPS) is 10.2. The van der Waals surface area contributed by atoms with E-state index in [9.17, 15) is 8.78 Å². The molecular formula is C10H5ClF2N2O. The van der Waals surface area contributed by atoms with Gasteiger partial charge >= 0.3 is 0 Å². The first kappa shape index (κ1) is 10.8. The maximum Gasteiger partial charge on any atom is 0.257 e. The summed E-state index contributed by atoms with van der Waals surface area (Å²) < 4.78 is 31.1. The van der Waals surface area contributed by atoms with Gasteiger partial charge in [-0.15, -0.1) is 0 Å². The molecular weight excluding hydrogens is 238 g/mol. The van der Waals surface area contributed by atoms with E-state index in [4.69, 9.17) is 16.3 Å². The van der Waals surface area contributed by atoms with Gasteiger partial charge in [0.15, 0.2) is 16.7 Å². The van der Waals surface area contributed by atoms with Gasteiger partial charge in [-0.3, -0.25) is 0 Å². The predicted molar refractivity (Wildman–Crippen MR) is 53.5 cm³/mol. The molecule has 2 aromatic rings. The molecule has 82 valence electrons. The Morgan fingerprint density at radius 2 is 1.88 bits per heavy atom. The summed E-state index contributed by atoms with van der Waals surface area (Å²) in [5.41, 5.74) is 0. The maximum absolute atomic E-state index is 13.2. The van der Waals surface area contributed by atoms with E-state index in [2.05, 4.69) is 9.97 Å². The summed E-state index contributed by atoms with van der Waals surface area (Å²) in [5, 5.41) is -0.0221. The fourth-order valence-corrected chi connectivity index (χ4v) is 1.19. The highest BCUT2D eigenvalue weighted by atomic mass is 35.5. The van der Waals surface area contributed by atoms with Gasteiger partial charge in [-0.1, -0.05) is 17.7 Å². The largest absolute Gasteiger partial charge is 0.433 e. The van der Waals surface area contributed by atoms with Crippen molar-refractivity contribution in [3.05, 3.63) is 47.4 Å². The molecule has 0 unspecified atom stereocenters. The van der Waals surface area contributed by atoms with Crippen molar-refractivity contribution in [2.45, 2.75) is 0 Å². The van der Waals surface area contributed by atoms with Gasteiger partial charge in [-0.25, -0.2) is 14.4 Å². The Bertz CT molecular complexity index is 522. The average Bonchev–Trinajstić information content (AvgIpc) is 2.28. The van der Waals surface area contributed by atoms with Crippen LogP contribution in [0.1, 0.15) is 0 Å². The van der Waals surface area contributed by atoms with Gasteiger partial charge in [0, 0.05) is 12.4 Å². The molecule has 0 N–H and O–H groups in total. The lowest BCUT2D eigenvalue weighted by Gasteiger charge is -2.06. The third-order valence-corrected chi connectivity index (χ3v) is 2.00. The summed E-state index contributed by atoms with van der Waals surface area (Å²) in [6.07, 6.45) is 2.69. The molecule has 2 rings (SSSR count). The average molecular weight is 243 g/mol. The zero-order valence-corrected chi connectivity index (χ0v) is 8.58. The summed E-state index contributed by atoms with van der Waals surface area (Å²) in [6, 6.07) is 3.57. The molecule has 0 aliphatic rings. The Morgan fingerprint density at radius 1 is 1.12 bits per heavy atom. The van der Waals surface area contributed by atoms with E-state index in [1.54, 1.807) is 0 Å². The molecule has 0 atom stereocenters. The van der Waals surface area contributed by atoms with E-state index in [0.29, 0.717) is 0 Å². The maximum atomic E-state index is 13.2. The molecule has 0 saturated carbocycles. The molecule has 0 saturated heterocycles. The molecule has 0 aliphatic carbocycles. The van der Waals surface area contributed by atoms with Crippen molar-refractivity contribution in [2.75, 3.05) is 0 Å². The van der Waals surface area contributed by atoms with Gasteiger partial charge in [0.1, 0.15) is 0 Å². The van der Waals surface area contributed by atoms with E-state index < -0.39 is 11.6 Å². The van der Waals surface area contributed by atoms with Crippen LogP contribution in [-0.2, 0) is 0 Å². The van der Waals surface area contributed by atoms with Crippen molar-refractivity contribution in [1.82, 2.24) is 9.97 Å². The molecule has 6 heteroatoms. The molecule has 0 fully saturated rings. The number of benzene rings is 1. The third-order valence-electron chi connectivity index (χ3n) is 1.75. The Morgan fingerprint density at radius 3 is 2.62 bits per heavy atom. The molecule has 1 aromatic carbocycles. The van der Waals surface area contributed by atoms with Crippen LogP contribution in [-0.4, -0.2) is 9.97 Å². The lowest BCUT2D eigenvalue weighted by atomic mass is 10.3. The second kappa shape index (κ2) is 4.40.